The summed E-state index contributed by atoms with van der Waals surface area (Å²) in [6.07, 6.45) is 0. The van der Waals surface area contributed by atoms with Gasteiger partial charge < -0.3 is 20.5 Å². The minimum Gasteiger partial charge on any atom is -0.494 e. The van der Waals surface area contributed by atoms with Gasteiger partial charge in [-0.25, -0.2) is 0 Å². The van der Waals surface area contributed by atoms with E-state index in [2.05, 4.69) is 10.6 Å². The SMILES string of the molecule is CCOc1ccc(NC(=O)C(=O)NCC(O)(c2ccsc2)c2cccs2)cc1. The molecule has 0 aliphatic rings. The number of hydrogen-bond donors (Lipinski definition) is 3. The third kappa shape index (κ3) is 4.59. The Morgan fingerprint density at radius 3 is 2.50 bits per heavy atom. The topological polar surface area (TPSA) is 87.7 Å². The van der Waals surface area contributed by atoms with Crippen molar-refractivity contribution in [3.63, 3.8) is 0 Å². The minimum atomic E-state index is -1.39. The smallest absolute Gasteiger partial charge is 0.313 e. The highest BCUT2D eigenvalue weighted by Crippen LogP contribution is 2.33. The van der Waals surface area contributed by atoms with Crippen LogP contribution in [0.3, 0.4) is 0 Å². The molecule has 0 bridgehead atoms. The van der Waals surface area contributed by atoms with Gasteiger partial charge in [0.15, 0.2) is 0 Å². The number of nitrogens with one attached hydrogen (secondary N) is 2. The number of amides is 2. The zero-order valence-corrected chi connectivity index (χ0v) is 16.8. The molecule has 6 nitrogen and oxygen atoms in total. The van der Waals surface area contributed by atoms with Gasteiger partial charge in [0.2, 0.25) is 0 Å². The van der Waals surface area contributed by atoms with Gasteiger partial charge >= 0.3 is 11.8 Å². The molecule has 0 saturated heterocycles. The molecular weight excluding hydrogens is 396 g/mol. The number of aliphatic hydroxyl groups is 1. The van der Waals surface area contributed by atoms with Crippen LogP contribution in [-0.2, 0) is 15.2 Å². The molecule has 3 rings (SSSR count). The number of benzene rings is 1. The van der Waals surface area contributed by atoms with Crippen molar-refractivity contribution in [2.45, 2.75) is 12.5 Å². The Morgan fingerprint density at radius 1 is 1.11 bits per heavy atom. The van der Waals surface area contributed by atoms with Crippen LogP contribution in [-0.4, -0.2) is 30.1 Å². The number of carbonyl (C=O) groups excluding carboxylic acids is 2. The maximum absolute atomic E-state index is 12.2. The van der Waals surface area contributed by atoms with Gasteiger partial charge in [-0.1, -0.05) is 6.07 Å². The van der Waals surface area contributed by atoms with Crippen LogP contribution in [0.25, 0.3) is 0 Å². The van der Waals surface area contributed by atoms with Gasteiger partial charge in [-0.3, -0.25) is 9.59 Å². The predicted molar refractivity (Wildman–Crippen MR) is 111 cm³/mol. The van der Waals surface area contributed by atoms with E-state index in [9.17, 15) is 14.7 Å². The Balaban J connectivity index is 1.64. The van der Waals surface area contributed by atoms with Crippen LogP contribution in [0.4, 0.5) is 5.69 Å². The summed E-state index contributed by atoms with van der Waals surface area (Å²) in [5.41, 5.74) is -0.231. The van der Waals surface area contributed by atoms with Crippen LogP contribution in [0.1, 0.15) is 17.4 Å². The van der Waals surface area contributed by atoms with E-state index in [4.69, 9.17) is 4.74 Å². The zero-order chi connectivity index (χ0) is 20.0. The lowest BCUT2D eigenvalue weighted by atomic mass is 9.94. The second-order valence-corrected chi connectivity index (χ2v) is 7.67. The Bertz CT molecular complexity index is 872. The maximum atomic E-state index is 12.2. The van der Waals surface area contributed by atoms with E-state index in [0.717, 1.165) is 0 Å². The summed E-state index contributed by atoms with van der Waals surface area (Å²) in [5, 5.41) is 21.8. The fourth-order valence-corrected chi connectivity index (χ4v) is 4.19. The number of thiophene rings is 2. The van der Waals surface area contributed by atoms with Crippen LogP contribution in [0, 0.1) is 0 Å². The summed E-state index contributed by atoms with van der Waals surface area (Å²) in [7, 11) is 0. The van der Waals surface area contributed by atoms with Crippen molar-refractivity contribution in [1.29, 1.82) is 0 Å². The molecule has 28 heavy (non-hydrogen) atoms. The fourth-order valence-electron chi connectivity index (χ4n) is 2.62. The lowest BCUT2D eigenvalue weighted by molar-refractivity contribution is -0.136. The van der Waals surface area contributed by atoms with Gasteiger partial charge in [-0.2, -0.15) is 11.3 Å². The molecule has 2 aromatic heterocycles. The molecule has 1 unspecified atom stereocenters. The molecule has 8 heteroatoms. The summed E-state index contributed by atoms with van der Waals surface area (Å²) in [6, 6.07) is 12.2. The summed E-state index contributed by atoms with van der Waals surface area (Å²) in [5.74, 6) is -0.941. The second kappa shape index (κ2) is 9.01. The first-order valence-corrected chi connectivity index (χ1v) is 10.5. The molecule has 2 amide bonds. The van der Waals surface area contributed by atoms with E-state index >= 15 is 0 Å². The average Bonchev–Trinajstić information content (AvgIpc) is 3.41. The Hall–Kier alpha value is -2.68. The Labute approximate surface area is 170 Å². The van der Waals surface area contributed by atoms with Crippen LogP contribution in [0.2, 0.25) is 0 Å². The van der Waals surface area contributed by atoms with Crippen molar-refractivity contribution in [3.8, 4) is 5.75 Å². The largest absolute Gasteiger partial charge is 0.494 e. The maximum Gasteiger partial charge on any atom is 0.313 e. The number of ether oxygens (including phenoxy) is 1. The van der Waals surface area contributed by atoms with Gasteiger partial charge in [0.05, 0.1) is 13.2 Å². The fraction of sp³-hybridized carbons (Fsp3) is 0.200. The van der Waals surface area contributed by atoms with Crippen molar-refractivity contribution >= 4 is 40.2 Å². The number of rotatable bonds is 7. The third-order valence-corrected chi connectivity index (χ3v) is 5.77. The van der Waals surface area contributed by atoms with E-state index in [1.807, 2.05) is 29.1 Å². The number of anilines is 1. The minimum absolute atomic E-state index is 0.111. The van der Waals surface area contributed by atoms with Crippen molar-refractivity contribution in [1.82, 2.24) is 5.32 Å². The Kier molecular flexibility index (Phi) is 6.45. The zero-order valence-electron chi connectivity index (χ0n) is 15.2. The highest BCUT2D eigenvalue weighted by molar-refractivity contribution is 7.10. The molecule has 0 aliphatic heterocycles. The van der Waals surface area contributed by atoms with Gasteiger partial charge in [0, 0.05) is 16.1 Å². The van der Waals surface area contributed by atoms with E-state index in [1.165, 1.54) is 22.7 Å². The second-order valence-electron chi connectivity index (χ2n) is 5.94. The average molecular weight is 417 g/mol. The van der Waals surface area contributed by atoms with Gasteiger partial charge in [-0.15, -0.1) is 11.3 Å². The van der Waals surface area contributed by atoms with Crippen molar-refractivity contribution < 1.29 is 19.4 Å². The molecule has 3 N–H and O–H groups in total. The molecule has 0 spiro atoms. The van der Waals surface area contributed by atoms with Crippen molar-refractivity contribution in [2.75, 3.05) is 18.5 Å². The molecule has 0 aliphatic carbocycles. The number of hydrogen-bond acceptors (Lipinski definition) is 6. The van der Waals surface area contributed by atoms with Gasteiger partial charge in [0.25, 0.3) is 0 Å². The lowest BCUT2D eigenvalue weighted by Crippen LogP contribution is -2.44. The molecular formula is C20H20N2O4S2. The predicted octanol–water partition coefficient (Wildman–Crippen LogP) is 3.20. The molecule has 0 radical (unpaired) electrons. The van der Waals surface area contributed by atoms with E-state index in [1.54, 1.807) is 36.4 Å². The highest BCUT2D eigenvalue weighted by atomic mass is 32.1. The van der Waals surface area contributed by atoms with Crippen LogP contribution in [0.5, 0.6) is 5.75 Å². The van der Waals surface area contributed by atoms with E-state index in [-0.39, 0.29) is 6.54 Å². The summed E-state index contributed by atoms with van der Waals surface area (Å²) < 4.78 is 5.34. The van der Waals surface area contributed by atoms with Crippen LogP contribution >= 0.6 is 22.7 Å². The molecule has 1 aromatic carbocycles. The molecule has 2 heterocycles. The van der Waals surface area contributed by atoms with Crippen molar-refractivity contribution in [3.05, 3.63) is 69.0 Å². The molecule has 3 aromatic rings. The van der Waals surface area contributed by atoms with Gasteiger partial charge in [0.1, 0.15) is 11.4 Å². The Morgan fingerprint density at radius 2 is 1.89 bits per heavy atom. The molecule has 146 valence electrons. The molecule has 0 saturated carbocycles. The van der Waals surface area contributed by atoms with Crippen LogP contribution in [0.15, 0.2) is 58.6 Å². The first-order valence-electron chi connectivity index (χ1n) is 8.64. The standard InChI is InChI=1S/C20H20N2O4S2/c1-2-26-16-7-5-15(6-8-16)22-19(24)18(23)21-13-20(25,14-9-11-27-12-14)17-4-3-10-28-17/h3-12,25H,2,13H2,1H3,(H,21,23)(H,22,24). The summed E-state index contributed by atoms with van der Waals surface area (Å²) in [6.45, 7) is 2.32. The first kappa shape index (κ1) is 20.1. The molecule has 0 fully saturated rings. The van der Waals surface area contributed by atoms with E-state index < -0.39 is 17.4 Å². The van der Waals surface area contributed by atoms with Crippen LogP contribution < -0.4 is 15.4 Å². The lowest BCUT2D eigenvalue weighted by Gasteiger charge is -2.26. The summed E-state index contributed by atoms with van der Waals surface area (Å²) in [4.78, 5) is 25.1. The third-order valence-electron chi connectivity index (χ3n) is 4.06. The number of carbonyl (C=O) groups is 2. The van der Waals surface area contributed by atoms with Gasteiger partial charge in [-0.05, 0) is 59.5 Å². The van der Waals surface area contributed by atoms with E-state index in [0.29, 0.717) is 28.5 Å². The quantitative estimate of drug-likeness (QED) is 0.516. The monoisotopic (exact) mass is 416 g/mol. The summed E-state index contributed by atoms with van der Waals surface area (Å²) >= 11 is 2.84. The normalized spacial score (nSPS) is 12.8. The highest BCUT2D eigenvalue weighted by Gasteiger charge is 2.34. The molecule has 1 atom stereocenters. The van der Waals surface area contributed by atoms with Crippen molar-refractivity contribution in [2.24, 2.45) is 0 Å². The first-order chi connectivity index (χ1) is 13.5.